The summed E-state index contributed by atoms with van der Waals surface area (Å²) in [5, 5.41) is 7.87. The number of nitrogens with one attached hydrogen (secondary N) is 4. The maximum atomic E-state index is 14.2. The monoisotopic (exact) mass is 943 g/mol. The number of nitrogens with zero attached hydrogens (tertiary/aromatic N) is 4. The molecule has 2 aromatic heterocycles. The van der Waals surface area contributed by atoms with Gasteiger partial charge in [0.25, 0.3) is 0 Å². The zero-order valence-corrected chi connectivity index (χ0v) is 36.5. The van der Waals surface area contributed by atoms with E-state index in [9.17, 15) is 25.6 Å². The summed E-state index contributed by atoms with van der Waals surface area (Å²) in [7, 11) is -7.68. The fourth-order valence-electron chi connectivity index (χ4n) is 7.19. The number of rotatable bonds is 12. The summed E-state index contributed by atoms with van der Waals surface area (Å²) < 4.78 is 87.4. The van der Waals surface area contributed by atoms with Crippen LogP contribution in [-0.2, 0) is 20.0 Å². The van der Waals surface area contributed by atoms with Gasteiger partial charge < -0.3 is 5.32 Å². The Hall–Kier alpha value is -6.01. The largest absolute Gasteiger partial charge is 0.340 e. The van der Waals surface area contributed by atoms with Crippen LogP contribution in [0.1, 0.15) is 12.5 Å². The molecule has 2 heterocycles. The van der Waals surface area contributed by atoms with Crippen molar-refractivity contribution in [1.82, 2.24) is 19.7 Å². The lowest BCUT2D eigenvalue weighted by Crippen LogP contribution is -2.40. The van der Waals surface area contributed by atoms with Crippen molar-refractivity contribution >= 4 is 105 Å². The second-order valence-electron chi connectivity index (χ2n) is 14.8. The second kappa shape index (κ2) is 16.6. The van der Waals surface area contributed by atoms with Gasteiger partial charge in [-0.15, -0.1) is 4.98 Å². The van der Waals surface area contributed by atoms with E-state index in [-0.39, 0.29) is 31.7 Å². The maximum Gasteiger partial charge on any atom is 0.240 e. The first kappa shape index (κ1) is 42.3. The maximum absolute atomic E-state index is 14.2. The minimum Gasteiger partial charge on any atom is -0.340 e. The predicted molar refractivity (Wildman–Crippen MR) is 243 cm³/mol. The van der Waals surface area contributed by atoms with Gasteiger partial charge in [0.1, 0.15) is 29.8 Å². The Bertz CT molecular complexity index is 3390. The Labute approximate surface area is 375 Å². The molecular weight excluding hydrogens is 913 g/mol. The summed E-state index contributed by atoms with van der Waals surface area (Å²) in [4.78, 5) is 13.5. The van der Waals surface area contributed by atoms with E-state index in [0.717, 1.165) is 6.26 Å². The van der Waals surface area contributed by atoms with Gasteiger partial charge in [-0.3, -0.25) is 10.0 Å². The van der Waals surface area contributed by atoms with E-state index in [2.05, 4.69) is 30.0 Å². The minimum absolute atomic E-state index is 0.0464. The number of halogens is 5. The number of aromatic nitrogens is 4. The van der Waals surface area contributed by atoms with Crippen LogP contribution in [0.15, 0.2) is 133 Å². The molecule has 63 heavy (non-hydrogen) atoms. The highest BCUT2D eigenvalue weighted by molar-refractivity contribution is 7.92. The topological polar surface area (TPSA) is 159 Å². The third kappa shape index (κ3) is 9.09. The smallest absolute Gasteiger partial charge is 0.240 e. The third-order valence-electron chi connectivity index (χ3n) is 10.3. The van der Waals surface area contributed by atoms with Crippen LogP contribution in [0.3, 0.4) is 0 Å². The number of hydrogen-bond donors (Lipinski definition) is 4. The number of hydrogen-bond acceptors (Lipinski definition) is 9. The molecule has 6 aromatic carbocycles. The molecule has 1 aliphatic carbocycles. The molecule has 2 atom stereocenters. The summed E-state index contributed by atoms with van der Waals surface area (Å²) in [5.74, 6) is -0.170. The molecule has 1 fully saturated rings. The van der Waals surface area contributed by atoms with Crippen LogP contribution in [0.5, 0.6) is 0 Å². The van der Waals surface area contributed by atoms with Crippen molar-refractivity contribution in [3.8, 4) is 22.3 Å². The highest BCUT2D eigenvalue weighted by Crippen LogP contribution is 2.38. The van der Waals surface area contributed by atoms with Crippen LogP contribution >= 0.6 is 34.8 Å². The lowest BCUT2D eigenvalue weighted by atomic mass is 10.0. The van der Waals surface area contributed by atoms with Crippen LogP contribution in [0, 0.1) is 11.6 Å². The Balaban J connectivity index is 1.02. The summed E-state index contributed by atoms with van der Waals surface area (Å²) >= 11 is 18.5. The average Bonchev–Trinajstić information content (AvgIpc) is 4.01. The molecule has 2 unspecified atom stereocenters. The van der Waals surface area contributed by atoms with Crippen LogP contribution < -0.4 is 24.6 Å². The first-order chi connectivity index (χ1) is 30.1. The van der Waals surface area contributed by atoms with Crippen LogP contribution in [-0.4, -0.2) is 44.1 Å². The van der Waals surface area contributed by atoms with E-state index in [1.54, 1.807) is 54.9 Å². The Kier molecular flexibility index (Phi) is 11.1. The molecule has 0 saturated heterocycles. The lowest BCUT2D eigenvalue weighted by molar-refractivity contribution is -0.689. The van der Waals surface area contributed by atoms with Gasteiger partial charge in [0.05, 0.1) is 54.5 Å². The van der Waals surface area contributed by atoms with E-state index < -0.39 is 37.7 Å². The molecule has 0 amide bonds. The highest BCUT2D eigenvalue weighted by atomic mass is 35.5. The Morgan fingerprint density at radius 1 is 0.651 bits per heavy atom. The molecule has 1 saturated carbocycles. The molecule has 0 bridgehead atoms. The summed E-state index contributed by atoms with van der Waals surface area (Å²) in [6.07, 6.45) is 4.47. The van der Waals surface area contributed by atoms with Gasteiger partial charge in [0.2, 0.25) is 32.2 Å². The molecule has 0 radical (unpaired) electrons. The average molecular weight is 945 g/mol. The van der Waals surface area contributed by atoms with Gasteiger partial charge in [-0.2, -0.15) is 0 Å². The number of sulfonamides is 2. The normalized spacial score (nSPS) is 15.1. The molecule has 318 valence electrons. The second-order valence-corrected chi connectivity index (χ2v) is 19.5. The standard InChI is InChI=1S/C44H31Cl3F2N8O4S2/c1-62(58,59)55-40-18-27(5-10-33(40)45)26-7-14-39-32(17-26)44(54-29-9-12-37(49)35(47)20-29)57(23-52-39)42-21-41(42)56-63(60,61)30-4-2-3-24(15-30)25-6-13-38-31(16-25)43(51-22-50-38)53-28-8-11-36(48)34(46)19-28/h2-20,22-23,41-42,55-56H,21H2,1H3,(H,50,51,53)/p+1. The number of anilines is 5. The zero-order chi connectivity index (χ0) is 44.2. The van der Waals surface area contributed by atoms with E-state index in [0.29, 0.717) is 73.5 Å². The molecule has 12 nitrogen and oxygen atoms in total. The molecule has 0 aliphatic heterocycles. The van der Waals surface area contributed by atoms with E-state index >= 15 is 0 Å². The van der Waals surface area contributed by atoms with Crippen molar-refractivity contribution in [2.75, 3.05) is 21.6 Å². The number of benzene rings is 6. The Morgan fingerprint density at radius 2 is 1.27 bits per heavy atom. The van der Waals surface area contributed by atoms with Crippen molar-refractivity contribution in [2.24, 2.45) is 0 Å². The van der Waals surface area contributed by atoms with Crippen LogP contribution in [0.25, 0.3) is 44.1 Å². The van der Waals surface area contributed by atoms with Crippen molar-refractivity contribution in [2.45, 2.75) is 23.4 Å². The zero-order valence-electron chi connectivity index (χ0n) is 32.6. The molecule has 4 N–H and O–H groups in total. The highest BCUT2D eigenvalue weighted by Gasteiger charge is 2.46. The van der Waals surface area contributed by atoms with Crippen LogP contribution in [0.2, 0.25) is 15.1 Å². The van der Waals surface area contributed by atoms with Gasteiger partial charge in [-0.1, -0.05) is 65.1 Å². The van der Waals surface area contributed by atoms with Crippen molar-refractivity contribution in [3.63, 3.8) is 0 Å². The quantitative estimate of drug-likeness (QED) is 0.0875. The molecule has 8 aromatic rings. The molecule has 0 spiro atoms. The first-order valence-corrected chi connectivity index (χ1v) is 23.5. The van der Waals surface area contributed by atoms with Crippen molar-refractivity contribution < 1.29 is 30.2 Å². The third-order valence-corrected chi connectivity index (χ3v) is 13.3. The fraction of sp³-hybridized carbons (Fsp3) is 0.0909. The minimum atomic E-state index is -4.06. The first-order valence-electron chi connectivity index (χ1n) is 19.0. The van der Waals surface area contributed by atoms with E-state index in [4.69, 9.17) is 39.8 Å². The summed E-state index contributed by atoms with van der Waals surface area (Å²) in [6, 6.07) is 30.1. The van der Waals surface area contributed by atoms with Gasteiger partial charge in [-0.05, 0) is 107 Å². The molecule has 1 aliphatic rings. The molecular formula is C44H32Cl3F2N8O4S2+. The molecule has 9 rings (SSSR count). The van der Waals surface area contributed by atoms with Crippen molar-refractivity contribution in [1.29, 1.82) is 0 Å². The van der Waals surface area contributed by atoms with E-state index in [1.165, 1.54) is 48.8 Å². The summed E-state index contributed by atoms with van der Waals surface area (Å²) in [6.45, 7) is 0. The van der Waals surface area contributed by atoms with E-state index in [1.807, 2.05) is 28.8 Å². The number of fused-ring (bicyclic) bond motifs is 2. The SMILES string of the molecule is CS(=O)(=O)Nc1cc(-c2ccc3nc[n+](C4CC4NS(=O)(=O)c4cccc(-c5ccc6ncnc(Nc7ccc(F)c(Cl)c7)c6c5)c4)c(Nc4ccc(F)c(Cl)c4)c3c2)ccc1Cl. The van der Waals surface area contributed by atoms with Gasteiger partial charge >= 0.3 is 0 Å². The van der Waals surface area contributed by atoms with Crippen LogP contribution in [0.4, 0.5) is 37.5 Å². The van der Waals surface area contributed by atoms with Gasteiger partial charge in [0.15, 0.2) is 5.52 Å². The lowest BCUT2D eigenvalue weighted by Gasteiger charge is -2.14. The fourth-order valence-corrected chi connectivity index (χ4v) is 9.67. The molecule has 19 heteroatoms. The van der Waals surface area contributed by atoms with Gasteiger partial charge in [-0.25, -0.2) is 44.9 Å². The predicted octanol–water partition coefficient (Wildman–Crippen LogP) is 10.2. The summed E-state index contributed by atoms with van der Waals surface area (Å²) in [5.41, 5.74) is 5.10. The Morgan fingerprint density at radius 3 is 1.95 bits per heavy atom. The van der Waals surface area contributed by atoms with Crippen molar-refractivity contribution in [3.05, 3.63) is 155 Å². The van der Waals surface area contributed by atoms with Gasteiger partial charge in [0, 0.05) is 17.5 Å².